The molecule has 0 saturated heterocycles. The summed E-state index contributed by atoms with van der Waals surface area (Å²) in [5, 5.41) is 0. The molecule has 0 heterocycles. The molecule has 1 aliphatic carbocycles. The van der Waals surface area contributed by atoms with Gasteiger partial charge in [0.1, 0.15) is 28.8 Å². The molecule has 28 heavy (non-hydrogen) atoms. The molecule has 0 amide bonds. The maximum atomic E-state index is 12.9. The van der Waals surface area contributed by atoms with Crippen LogP contribution in [0.1, 0.15) is 30.9 Å². The van der Waals surface area contributed by atoms with Crippen molar-refractivity contribution in [2.24, 2.45) is 0 Å². The van der Waals surface area contributed by atoms with Crippen LogP contribution < -0.4 is 18.9 Å². The van der Waals surface area contributed by atoms with Gasteiger partial charge in [0, 0.05) is 0 Å². The number of fused-ring (bicyclic) bond motifs is 1. The first kappa shape index (κ1) is 20.5. The van der Waals surface area contributed by atoms with Gasteiger partial charge in [-0.05, 0) is 80.1 Å². The summed E-state index contributed by atoms with van der Waals surface area (Å²) in [5.41, 5.74) is 2.27. The molecule has 0 fully saturated rings. The van der Waals surface area contributed by atoms with E-state index in [9.17, 15) is 8.42 Å². The van der Waals surface area contributed by atoms with Crippen molar-refractivity contribution in [3.63, 3.8) is 0 Å². The Balaban J connectivity index is 1.70. The first-order valence-corrected chi connectivity index (χ1v) is 10.9. The Hall–Kier alpha value is -2.25. The summed E-state index contributed by atoms with van der Waals surface area (Å²) in [4.78, 5) is 0.187. The highest BCUT2D eigenvalue weighted by molar-refractivity contribution is 7.89. The van der Waals surface area contributed by atoms with E-state index in [1.807, 2.05) is 6.07 Å². The van der Waals surface area contributed by atoms with Crippen molar-refractivity contribution in [2.45, 2.75) is 43.5 Å². The predicted octanol–water partition coefficient (Wildman–Crippen LogP) is 3.33. The van der Waals surface area contributed by atoms with Crippen molar-refractivity contribution in [1.82, 2.24) is 4.72 Å². The van der Waals surface area contributed by atoms with Gasteiger partial charge >= 0.3 is 0 Å². The molecule has 0 radical (unpaired) electrons. The Morgan fingerprint density at radius 3 is 2.18 bits per heavy atom. The number of aryl methyl sites for hydroxylation is 2. The van der Waals surface area contributed by atoms with Gasteiger partial charge in [0.2, 0.25) is 10.0 Å². The van der Waals surface area contributed by atoms with Crippen LogP contribution in [0.3, 0.4) is 0 Å². The zero-order chi connectivity index (χ0) is 20.1. The normalized spacial score (nSPS) is 14.8. The second kappa shape index (κ2) is 8.84. The molecule has 0 aromatic heterocycles. The second-order valence-corrected chi connectivity index (χ2v) is 8.67. The van der Waals surface area contributed by atoms with Crippen molar-refractivity contribution < 1.29 is 22.6 Å². The smallest absolute Gasteiger partial charge is 0.244 e. The first-order valence-electron chi connectivity index (χ1n) is 9.42. The Kier molecular flexibility index (Phi) is 6.46. The molecule has 1 atom stereocenters. The van der Waals surface area contributed by atoms with Crippen molar-refractivity contribution >= 4 is 10.0 Å². The zero-order valence-corrected chi connectivity index (χ0v) is 17.3. The lowest BCUT2D eigenvalue weighted by molar-refractivity contribution is 0.287. The Labute approximate surface area is 166 Å². The van der Waals surface area contributed by atoms with Crippen LogP contribution in [-0.4, -0.2) is 35.3 Å². The van der Waals surface area contributed by atoms with E-state index in [0.29, 0.717) is 11.5 Å². The maximum absolute atomic E-state index is 12.9. The number of ether oxygens (including phenoxy) is 3. The first-order chi connectivity index (χ1) is 13.4. The molecule has 0 spiro atoms. The van der Waals surface area contributed by atoms with Crippen molar-refractivity contribution in [3.8, 4) is 17.2 Å². The summed E-state index contributed by atoms with van der Waals surface area (Å²) in [5.74, 6) is 1.77. The fourth-order valence-corrected chi connectivity index (χ4v) is 4.79. The van der Waals surface area contributed by atoms with Gasteiger partial charge in [0.25, 0.3) is 0 Å². The van der Waals surface area contributed by atoms with Crippen LogP contribution in [0.5, 0.6) is 17.2 Å². The Morgan fingerprint density at radius 1 is 0.964 bits per heavy atom. The van der Waals surface area contributed by atoms with E-state index < -0.39 is 16.1 Å². The van der Waals surface area contributed by atoms with Crippen LogP contribution >= 0.6 is 0 Å². The van der Waals surface area contributed by atoms with Crippen molar-refractivity contribution in [3.05, 3.63) is 47.5 Å². The fourth-order valence-electron chi connectivity index (χ4n) is 3.37. The maximum Gasteiger partial charge on any atom is 0.244 e. The largest absolute Gasteiger partial charge is 0.497 e. The van der Waals surface area contributed by atoms with Crippen LogP contribution in [-0.2, 0) is 22.9 Å². The topological polar surface area (TPSA) is 73.9 Å². The molecule has 7 heteroatoms. The summed E-state index contributed by atoms with van der Waals surface area (Å²) in [6.45, 7) is 1.98. The molecule has 0 aliphatic heterocycles. The Bertz CT molecular complexity index is 909. The molecule has 2 aromatic rings. The van der Waals surface area contributed by atoms with Crippen LogP contribution in [0, 0.1) is 0 Å². The lowest BCUT2D eigenvalue weighted by Gasteiger charge is -2.21. The molecule has 0 saturated carbocycles. The minimum atomic E-state index is -3.73. The van der Waals surface area contributed by atoms with Crippen LogP contribution in [0.25, 0.3) is 0 Å². The lowest BCUT2D eigenvalue weighted by Crippen LogP contribution is -2.37. The summed E-state index contributed by atoms with van der Waals surface area (Å²) >= 11 is 0. The molecule has 6 nitrogen and oxygen atoms in total. The van der Waals surface area contributed by atoms with Crippen LogP contribution in [0.15, 0.2) is 41.3 Å². The van der Waals surface area contributed by atoms with Crippen LogP contribution in [0.2, 0.25) is 0 Å². The molecule has 0 bridgehead atoms. The third-order valence-corrected chi connectivity index (χ3v) is 6.44. The van der Waals surface area contributed by atoms with Gasteiger partial charge in [0.15, 0.2) is 0 Å². The SMILES string of the molecule is COc1ccc(OC[C@@H](C)NS(=O)(=O)c2cc3c(cc2OC)CCCC3)cc1. The third kappa shape index (κ3) is 4.77. The van der Waals surface area contributed by atoms with Crippen molar-refractivity contribution in [1.29, 1.82) is 0 Å². The summed E-state index contributed by atoms with van der Waals surface area (Å²) < 4.78 is 44.7. The predicted molar refractivity (Wildman–Crippen MR) is 108 cm³/mol. The number of methoxy groups -OCH3 is 2. The highest BCUT2D eigenvalue weighted by Crippen LogP contribution is 2.32. The second-order valence-electron chi connectivity index (χ2n) is 6.99. The average molecular weight is 406 g/mol. The monoisotopic (exact) mass is 405 g/mol. The molecule has 0 unspecified atom stereocenters. The number of benzene rings is 2. The van der Waals surface area contributed by atoms with Gasteiger partial charge < -0.3 is 14.2 Å². The van der Waals surface area contributed by atoms with Crippen molar-refractivity contribution in [2.75, 3.05) is 20.8 Å². The lowest BCUT2D eigenvalue weighted by atomic mass is 9.92. The van der Waals surface area contributed by atoms with E-state index in [1.165, 1.54) is 12.7 Å². The minimum Gasteiger partial charge on any atom is -0.497 e. The molecule has 2 aromatic carbocycles. The molecule has 152 valence electrons. The van der Waals surface area contributed by atoms with E-state index in [4.69, 9.17) is 14.2 Å². The van der Waals surface area contributed by atoms with Crippen LogP contribution in [0.4, 0.5) is 0 Å². The Morgan fingerprint density at radius 2 is 1.57 bits per heavy atom. The minimum absolute atomic E-state index is 0.187. The van der Waals surface area contributed by atoms with Gasteiger partial charge in [0.05, 0.1) is 20.3 Å². The van der Waals surface area contributed by atoms with Gasteiger partial charge in [-0.25, -0.2) is 13.1 Å². The summed E-state index contributed by atoms with van der Waals surface area (Å²) in [7, 11) is -0.627. The molecule has 1 N–H and O–H groups in total. The molecular weight excluding hydrogens is 378 g/mol. The van der Waals surface area contributed by atoms with Gasteiger partial charge in [-0.3, -0.25) is 0 Å². The van der Waals surface area contributed by atoms with E-state index in [1.54, 1.807) is 44.4 Å². The zero-order valence-electron chi connectivity index (χ0n) is 16.5. The summed E-state index contributed by atoms with van der Waals surface area (Å²) in [6, 6.07) is 10.4. The molecular formula is C21H27NO5S. The quantitative estimate of drug-likeness (QED) is 0.729. The summed E-state index contributed by atoms with van der Waals surface area (Å²) in [6.07, 6.45) is 4.07. The number of sulfonamides is 1. The highest BCUT2D eigenvalue weighted by Gasteiger charge is 2.25. The van der Waals surface area contributed by atoms with Gasteiger partial charge in [-0.15, -0.1) is 0 Å². The van der Waals surface area contributed by atoms with E-state index in [0.717, 1.165) is 37.0 Å². The van der Waals surface area contributed by atoms with E-state index in [-0.39, 0.29) is 11.5 Å². The number of hydrogen-bond donors (Lipinski definition) is 1. The molecule has 1 aliphatic rings. The van der Waals surface area contributed by atoms with Gasteiger partial charge in [-0.1, -0.05) is 0 Å². The average Bonchev–Trinajstić information content (AvgIpc) is 2.71. The number of rotatable bonds is 8. The standard InChI is InChI=1S/C21H27NO5S/c1-15(14-27-19-10-8-18(25-2)9-11-19)22-28(23,24)21-13-17-7-5-4-6-16(17)12-20(21)26-3/h8-13,15,22H,4-7,14H2,1-3H3/t15-/m1/s1. The van der Waals surface area contributed by atoms with E-state index >= 15 is 0 Å². The molecule has 3 rings (SSSR count). The third-order valence-electron chi connectivity index (χ3n) is 4.83. The number of nitrogens with one attached hydrogen (secondary N) is 1. The number of hydrogen-bond acceptors (Lipinski definition) is 5. The highest BCUT2D eigenvalue weighted by atomic mass is 32.2. The van der Waals surface area contributed by atoms with Gasteiger partial charge in [-0.2, -0.15) is 0 Å². The van der Waals surface area contributed by atoms with E-state index in [2.05, 4.69) is 4.72 Å². The fraction of sp³-hybridized carbons (Fsp3) is 0.429.